The zero-order chi connectivity index (χ0) is 22.8. The maximum absolute atomic E-state index is 12.9. The Balaban J connectivity index is 1.79. The second kappa shape index (κ2) is 9.06. The summed E-state index contributed by atoms with van der Waals surface area (Å²) in [6.07, 6.45) is 1.62. The second-order valence-corrected chi connectivity index (χ2v) is 10.6. The van der Waals surface area contributed by atoms with E-state index < -0.39 is 21.5 Å². The van der Waals surface area contributed by atoms with Crippen LogP contribution in [-0.2, 0) is 21.4 Å². The lowest BCUT2D eigenvalue weighted by Gasteiger charge is -2.38. The van der Waals surface area contributed by atoms with Crippen LogP contribution in [0.4, 0.5) is 0 Å². The molecule has 9 heteroatoms. The quantitative estimate of drug-likeness (QED) is 0.674. The molecule has 0 aromatic heterocycles. The molecule has 7 nitrogen and oxygen atoms in total. The number of nitrogens with one attached hydrogen (secondary N) is 1. The molecule has 1 aliphatic rings. The fourth-order valence-electron chi connectivity index (χ4n) is 3.59. The highest BCUT2D eigenvalue weighted by atomic mass is 35.5. The van der Waals surface area contributed by atoms with E-state index in [-0.39, 0.29) is 19.1 Å². The van der Waals surface area contributed by atoms with Crippen molar-refractivity contribution in [3.8, 4) is 11.5 Å². The van der Waals surface area contributed by atoms with Crippen LogP contribution >= 0.6 is 11.6 Å². The van der Waals surface area contributed by atoms with Crippen molar-refractivity contribution in [2.45, 2.75) is 38.5 Å². The predicted molar refractivity (Wildman–Crippen MR) is 120 cm³/mol. The van der Waals surface area contributed by atoms with Crippen molar-refractivity contribution in [3.05, 3.63) is 58.6 Å². The van der Waals surface area contributed by atoms with Crippen LogP contribution < -0.4 is 14.8 Å². The number of carbonyl (C=O) groups excluding carboxylic acids is 1. The van der Waals surface area contributed by atoms with Crippen LogP contribution in [0.3, 0.4) is 0 Å². The van der Waals surface area contributed by atoms with Gasteiger partial charge in [0.25, 0.3) is 0 Å². The van der Waals surface area contributed by atoms with Gasteiger partial charge in [0.05, 0.1) is 26.0 Å². The van der Waals surface area contributed by atoms with Crippen LogP contribution in [0.2, 0.25) is 5.02 Å². The summed E-state index contributed by atoms with van der Waals surface area (Å²) >= 11 is 6.18. The van der Waals surface area contributed by atoms with Gasteiger partial charge in [-0.2, -0.15) is 4.31 Å². The van der Waals surface area contributed by atoms with Gasteiger partial charge in [0.1, 0.15) is 17.1 Å². The SMILES string of the molecule is COc1ccc2c(c1)OC(C)(C)C[C@H]2NC(=O)CN(Cc1ccccc1Cl)S(C)(=O)=O. The molecule has 1 heterocycles. The molecule has 0 fully saturated rings. The molecule has 2 aromatic rings. The maximum Gasteiger partial charge on any atom is 0.235 e. The number of hydrogen-bond acceptors (Lipinski definition) is 5. The highest BCUT2D eigenvalue weighted by molar-refractivity contribution is 7.88. The van der Waals surface area contributed by atoms with Crippen LogP contribution in [0.15, 0.2) is 42.5 Å². The van der Waals surface area contributed by atoms with E-state index in [1.165, 1.54) is 0 Å². The van der Waals surface area contributed by atoms with E-state index in [1.807, 2.05) is 19.9 Å². The minimum Gasteiger partial charge on any atom is -0.497 e. The van der Waals surface area contributed by atoms with Gasteiger partial charge < -0.3 is 14.8 Å². The molecule has 0 saturated carbocycles. The first-order valence-electron chi connectivity index (χ1n) is 9.83. The molecule has 0 unspecified atom stereocenters. The highest BCUT2D eigenvalue weighted by Gasteiger charge is 2.35. The molecule has 3 rings (SSSR count). The molecule has 1 N–H and O–H groups in total. The molecule has 0 aliphatic carbocycles. The summed E-state index contributed by atoms with van der Waals surface area (Å²) in [6, 6.07) is 12.1. The van der Waals surface area contributed by atoms with E-state index in [2.05, 4.69) is 5.32 Å². The lowest BCUT2D eigenvalue weighted by Crippen LogP contribution is -2.45. The number of halogens is 1. The predicted octanol–water partition coefficient (Wildman–Crippen LogP) is 3.53. The van der Waals surface area contributed by atoms with Crippen molar-refractivity contribution in [1.82, 2.24) is 9.62 Å². The number of rotatable bonds is 7. The van der Waals surface area contributed by atoms with E-state index in [4.69, 9.17) is 21.1 Å². The van der Waals surface area contributed by atoms with E-state index in [0.717, 1.165) is 16.1 Å². The Labute approximate surface area is 188 Å². The molecule has 0 radical (unpaired) electrons. The Bertz CT molecular complexity index is 1070. The monoisotopic (exact) mass is 466 g/mol. The molecule has 2 aromatic carbocycles. The van der Waals surface area contributed by atoms with Gasteiger partial charge in [0.2, 0.25) is 15.9 Å². The number of carbonyl (C=O) groups is 1. The number of sulfonamides is 1. The minimum absolute atomic E-state index is 0.0129. The Morgan fingerprint density at radius 2 is 2.00 bits per heavy atom. The van der Waals surface area contributed by atoms with Gasteiger partial charge in [-0.25, -0.2) is 8.42 Å². The summed E-state index contributed by atoms with van der Waals surface area (Å²) in [5.74, 6) is 0.892. The van der Waals surface area contributed by atoms with E-state index in [0.29, 0.717) is 28.5 Å². The van der Waals surface area contributed by atoms with Gasteiger partial charge in [-0.05, 0) is 37.6 Å². The molecule has 0 saturated heterocycles. The minimum atomic E-state index is -3.64. The van der Waals surface area contributed by atoms with Crippen LogP contribution in [-0.4, -0.2) is 44.1 Å². The first-order chi connectivity index (χ1) is 14.5. The molecule has 1 atom stereocenters. The summed E-state index contributed by atoms with van der Waals surface area (Å²) < 4.78 is 37.1. The molecule has 31 heavy (non-hydrogen) atoms. The van der Waals surface area contributed by atoms with Gasteiger partial charge in [0, 0.05) is 29.6 Å². The molecular formula is C22H27ClN2O5S. The Morgan fingerprint density at radius 1 is 1.29 bits per heavy atom. The van der Waals surface area contributed by atoms with Crippen molar-refractivity contribution in [1.29, 1.82) is 0 Å². The van der Waals surface area contributed by atoms with Crippen LogP contribution in [0.25, 0.3) is 0 Å². The molecule has 0 spiro atoms. The fraction of sp³-hybridized carbons (Fsp3) is 0.409. The first kappa shape index (κ1) is 23.4. The Kier molecular flexibility index (Phi) is 6.83. The highest BCUT2D eigenvalue weighted by Crippen LogP contribution is 2.41. The average molecular weight is 467 g/mol. The summed E-state index contributed by atoms with van der Waals surface area (Å²) in [5.41, 5.74) is 0.947. The van der Waals surface area contributed by atoms with Crippen LogP contribution in [0.1, 0.15) is 37.4 Å². The van der Waals surface area contributed by atoms with Crippen molar-refractivity contribution < 1.29 is 22.7 Å². The third-order valence-corrected chi connectivity index (χ3v) is 6.67. The molecule has 1 amide bonds. The summed E-state index contributed by atoms with van der Waals surface area (Å²) in [4.78, 5) is 12.9. The largest absolute Gasteiger partial charge is 0.497 e. The van der Waals surface area contributed by atoms with E-state index >= 15 is 0 Å². The number of amides is 1. The number of ether oxygens (including phenoxy) is 2. The normalized spacial score (nSPS) is 17.5. The third-order valence-electron chi connectivity index (χ3n) is 5.11. The van der Waals surface area contributed by atoms with Crippen molar-refractivity contribution in [2.24, 2.45) is 0 Å². The standard InChI is InChI=1S/C22H27ClN2O5S/c1-22(2)12-19(17-10-9-16(29-3)11-20(17)30-22)24-21(26)14-25(31(4,27)28)13-15-7-5-6-8-18(15)23/h5-11,19H,12-14H2,1-4H3,(H,24,26)/t19-/m1/s1. The molecule has 168 valence electrons. The van der Waals surface area contributed by atoms with Crippen molar-refractivity contribution >= 4 is 27.5 Å². The molecular weight excluding hydrogens is 440 g/mol. The van der Waals surface area contributed by atoms with Crippen molar-refractivity contribution in [3.63, 3.8) is 0 Å². The van der Waals surface area contributed by atoms with E-state index in [9.17, 15) is 13.2 Å². The lowest BCUT2D eigenvalue weighted by atomic mass is 9.89. The zero-order valence-electron chi connectivity index (χ0n) is 18.0. The number of methoxy groups -OCH3 is 1. The molecule has 0 bridgehead atoms. The zero-order valence-corrected chi connectivity index (χ0v) is 19.6. The second-order valence-electron chi connectivity index (χ2n) is 8.21. The maximum atomic E-state index is 12.9. The Morgan fingerprint density at radius 3 is 2.65 bits per heavy atom. The summed E-state index contributed by atoms with van der Waals surface area (Å²) in [6.45, 7) is 3.58. The third kappa shape index (κ3) is 5.90. The van der Waals surface area contributed by atoms with Crippen molar-refractivity contribution in [2.75, 3.05) is 19.9 Å². The smallest absolute Gasteiger partial charge is 0.235 e. The number of benzene rings is 2. The molecule has 1 aliphatic heterocycles. The average Bonchev–Trinajstić information content (AvgIpc) is 2.66. The van der Waals surface area contributed by atoms with Gasteiger partial charge in [-0.3, -0.25) is 4.79 Å². The van der Waals surface area contributed by atoms with Crippen LogP contribution in [0, 0.1) is 0 Å². The van der Waals surface area contributed by atoms with Gasteiger partial charge in [-0.15, -0.1) is 0 Å². The fourth-order valence-corrected chi connectivity index (χ4v) is 4.52. The topological polar surface area (TPSA) is 84.9 Å². The lowest BCUT2D eigenvalue weighted by molar-refractivity contribution is -0.122. The Hall–Kier alpha value is -2.29. The number of hydrogen-bond donors (Lipinski definition) is 1. The van der Waals surface area contributed by atoms with Gasteiger partial charge in [-0.1, -0.05) is 29.8 Å². The van der Waals surface area contributed by atoms with Gasteiger partial charge in [0.15, 0.2) is 0 Å². The van der Waals surface area contributed by atoms with Gasteiger partial charge >= 0.3 is 0 Å². The van der Waals surface area contributed by atoms with Crippen LogP contribution in [0.5, 0.6) is 11.5 Å². The first-order valence-corrected chi connectivity index (χ1v) is 12.1. The number of fused-ring (bicyclic) bond motifs is 1. The summed E-state index contributed by atoms with van der Waals surface area (Å²) in [7, 11) is -2.06. The number of nitrogens with zero attached hydrogens (tertiary/aromatic N) is 1. The van der Waals surface area contributed by atoms with E-state index in [1.54, 1.807) is 43.5 Å². The summed E-state index contributed by atoms with van der Waals surface area (Å²) in [5, 5.41) is 3.42.